The lowest BCUT2D eigenvalue weighted by Gasteiger charge is -2.27. The summed E-state index contributed by atoms with van der Waals surface area (Å²) in [5.74, 6) is 2.10. The lowest BCUT2D eigenvalue weighted by atomic mass is 10.4. The molecule has 34 heavy (non-hydrogen) atoms. The molecule has 0 amide bonds. The summed E-state index contributed by atoms with van der Waals surface area (Å²) in [5, 5.41) is 3.69. The van der Waals surface area contributed by atoms with Gasteiger partial charge in [-0.1, -0.05) is 69.1 Å². The molecule has 0 radical (unpaired) electrons. The van der Waals surface area contributed by atoms with Crippen LogP contribution in [0.5, 0.6) is 0 Å². The van der Waals surface area contributed by atoms with E-state index in [1.165, 1.54) is 0 Å². The van der Waals surface area contributed by atoms with Crippen molar-refractivity contribution in [3.05, 3.63) is 58.6 Å². The molecule has 0 N–H and O–H groups in total. The first-order chi connectivity index (χ1) is 16.4. The predicted molar refractivity (Wildman–Crippen MR) is 161 cm³/mol. The van der Waals surface area contributed by atoms with Crippen LogP contribution in [0.25, 0.3) is 0 Å². The Labute approximate surface area is 231 Å². The summed E-state index contributed by atoms with van der Waals surface area (Å²) < 4.78 is 23.6. The van der Waals surface area contributed by atoms with Crippen molar-refractivity contribution < 1.29 is 17.7 Å². The second kappa shape index (κ2) is 16.5. The van der Waals surface area contributed by atoms with Crippen LogP contribution in [0, 0.1) is 0 Å². The summed E-state index contributed by atoms with van der Waals surface area (Å²) in [5.41, 5.74) is 0. The van der Waals surface area contributed by atoms with Gasteiger partial charge in [-0.2, -0.15) is 0 Å². The fourth-order valence-electron chi connectivity index (χ4n) is 3.58. The van der Waals surface area contributed by atoms with E-state index < -0.39 is 17.1 Å². The van der Waals surface area contributed by atoms with Crippen LogP contribution in [0.4, 0.5) is 0 Å². The summed E-state index contributed by atoms with van der Waals surface area (Å²) in [6, 6.07) is 17.5. The molecule has 0 spiro atoms. The van der Waals surface area contributed by atoms with Gasteiger partial charge in [-0.25, -0.2) is 0 Å². The molecule has 2 aromatic rings. The van der Waals surface area contributed by atoms with E-state index in [1.807, 2.05) is 89.8 Å². The Hall–Kier alpha value is 0.694. The largest absolute Gasteiger partial charge is 0.394 e. The highest BCUT2D eigenvalue weighted by atomic mass is 35.5. The number of hydrogen-bond donors (Lipinski definition) is 0. The lowest BCUT2D eigenvalue weighted by Crippen LogP contribution is -2.52. The third-order valence-corrected chi connectivity index (χ3v) is 19.7. The van der Waals surface area contributed by atoms with Crippen LogP contribution in [0.2, 0.25) is 22.1 Å². The molecule has 190 valence electrons. The van der Waals surface area contributed by atoms with E-state index in [1.54, 1.807) is 28.4 Å². The Kier molecular flexibility index (Phi) is 15.0. The average molecular weight is 616 g/mol. The van der Waals surface area contributed by atoms with Crippen LogP contribution in [-0.2, 0) is 17.7 Å². The summed E-state index contributed by atoms with van der Waals surface area (Å²) in [6.45, 7) is 0. The normalized spacial score (nSPS) is 12.3. The second-order valence-electron chi connectivity index (χ2n) is 7.32. The average Bonchev–Trinajstić information content (AvgIpc) is 2.87. The molecular formula is C22H32Cl2O4S4Si2. The summed E-state index contributed by atoms with van der Waals surface area (Å²) >= 11 is 12.1. The molecule has 2 aromatic carbocycles. The molecule has 0 unspecified atom stereocenters. The molecule has 0 fully saturated rings. The summed E-state index contributed by atoms with van der Waals surface area (Å²) in [7, 11) is 9.59. The highest BCUT2D eigenvalue weighted by molar-refractivity contribution is 9.26. The van der Waals surface area contributed by atoms with Crippen LogP contribution in [0.1, 0.15) is 12.8 Å². The van der Waals surface area contributed by atoms with Crippen molar-refractivity contribution in [1.82, 2.24) is 0 Å². The fourth-order valence-corrected chi connectivity index (χ4v) is 15.8. The molecule has 0 saturated carbocycles. The van der Waals surface area contributed by atoms with Crippen molar-refractivity contribution in [2.75, 3.05) is 39.9 Å². The molecule has 0 bridgehead atoms. The minimum absolute atomic E-state index is 0.725. The molecular weight excluding hydrogens is 584 g/mol. The lowest BCUT2D eigenvalue weighted by molar-refractivity contribution is 0.256. The molecule has 0 aliphatic heterocycles. The van der Waals surface area contributed by atoms with Crippen LogP contribution < -0.4 is 10.4 Å². The van der Waals surface area contributed by atoms with E-state index in [2.05, 4.69) is 0 Å². The van der Waals surface area contributed by atoms with Gasteiger partial charge < -0.3 is 17.7 Å². The van der Waals surface area contributed by atoms with E-state index in [4.69, 9.17) is 40.9 Å². The molecule has 0 saturated heterocycles. The van der Waals surface area contributed by atoms with E-state index in [-0.39, 0.29) is 0 Å². The molecule has 0 aliphatic rings. The van der Waals surface area contributed by atoms with Gasteiger partial charge in [0.05, 0.1) is 0 Å². The topological polar surface area (TPSA) is 36.9 Å². The molecule has 0 atom stereocenters. The quantitative estimate of drug-likeness (QED) is 0.107. The second-order valence-corrected chi connectivity index (χ2v) is 21.2. The van der Waals surface area contributed by atoms with Crippen molar-refractivity contribution in [1.29, 1.82) is 0 Å². The Morgan fingerprint density at radius 2 is 0.912 bits per heavy atom. The molecule has 12 heteroatoms. The Balaban J connectivity index is 1.65. The van der Waals surface area contributed by atoms with Gasteiger partial charge in [0.15, 0.2) is 0 Å². The zero-order valence-corrected chi connectivity index (χ0v) is 26.7. The van der Waals surface area contributed by atoms with Crippen molar-refractivity contribution in [3.8, 4) is 0 Å². The van der Waals surface area contributed by atoms with Gasteiger partial charge in [0.25, 0.3) is 0 Å². The van der Waals surface area contributed by atoms with Gasteiger partial charge in [-0.3, -0.25) is 0 Å². The van der Waals surface area contributed by atoms with Crippen LogP contribution >= 0.6 is 64.4 Å². The van der Waals surface area contributed by atoms with Gasteiger partial charge in [0.2, 0.25) is 0 Å². The van der Waals surface area contributed by atoms with Crippen LogP contribution in [-0.4, -0.2) is 57.1 Å². The zero-order valence-electron chi connectivity index (χ0n) is 19.9. The van der Waals surface area contributed by atoms with Gasteiger partial charge in [0.1, 0.15) is 0 Å². The summed E-state index contributed by atoms with van der Waals surface area (Å²) in [6.07, 6.45) is 2.08. The molecule has 0 aromatic heterocycles. The van der Waals surface area contributed by atoms with Crippen molar-refractivity contribution in [2.45, 2.75) is 24.9 Å². The Morgan fingerprint density at radius 3 is 1.21 bits per heavy atom. The minimum Gasteiger partial charge on any atom is -0.394 e. The van der Waals surface area contributed by atoms with Crippen LogP contribution in [0.3, 0.4) is 0 Å². The molecule has 0 aliphatic carbocycles. The first-order valence-corrected chi connectivity index (χ1v) is 20.7. The third kappa shape index (κ3) is 9.22. The van der Waals surface area contributed by atoms with Crippen molar-refractivity contribution in [2.24, 2.45) is 0 Å². The standard InChI is InChI=1S/C22H32Cl2O4S4Si2/c1-25-33(26-2,21-11-7-19(23)8-12-21)17-5-15-29-31-32-30-16-6-18-34(27-3,28-4)22-13-9-20(24)10-14-22/h7-14H,5-6,15-18H2,1-4H3. The van der Waals surface area contributed by atoms with E-state index in [0.717, 1.165) is 56.9 Å². The Morgan fingerprint density at radius 1 is 0.588 bits per heavy atom. The number of halogens is 2. The van der Waals surface area contributed by atoms with E-state index in [9.17, 15) is 0 Å². The van der Waals surface area contributed by atoms with Crippen molar-refractivity contribution in [3.63, 3.8) is 0 Å². The van der Waals surface area contributed by atoms with Crippen LogP contribution in [0.15, 0.2) is 48.5 Å². The van der Waals surface area contributed by atoms with Gasteiger partial charge in [-0.15, -0.1) is 0 Å². The third-order valence-electron chi connectivity index (χ3n) is 5.48. The minimum atomic E-state index is -2.41. The maximum absolute atomic E-state index is 6.03. The fraction of sp³-hybridized carbons (Fsp3) is 0.455. The van der Waals surface area contributed by atoms with E-state index >= 15 is 0 Å². The van der Waals surface area contributed by atoms with Crippen molar-refractivity contribution >= 4 is 91.9 Å². The number of rotatable bonds is 17. The first-order valence-electron chi connectivity index (χ1n) is 10.8. The molecule has 0 heterocycles. The molecule has 2 rings (SSSR count). The van der Waals surface area contributed by atoms with Gasteiger partial charge >= 0.3 is 17.1 Å². The zero-order chi connectivity index (χ0) is 24.9. The van der Waals surface area contributed by atoms with Gasteiger partial charge in [0, 0.05) is 50.0 Å². The highest BCUT2D eigenvalue weighted by Gasteiger charge is 2.38. The predicted octanol–water partition coefficient (Wildman–Crippen LogP) is 7.04. The number of hydrogen-bond acceptors (Lipinski definition) is 8. The van der Waals surface area contributed by atoms with Gasteiger partial charge in [-0.05, 0) is 79.2 Å². The highest BCUT2D eigenvalue weighted by Crippen LogP contribution is 2.43. The smallest absolute Gasteiger partial charge is 0.372 e. The summed E-state index contributed by atoms with van der Waals surface area (Å²) in [4.78, 5) is 0. The first kappa shape index (κ1) is 30.9. The Bertz CT molecular complexity index is 757. The monoisotopic (exact) mass is 614 g/mol. The molecule has 4 nitrogen and oxygen atoms in total. The maximum atomic E-state index is 6.03. The SMILES string of the molecule is CO[Si](CCCSSSSCCC[Si](OC)(OC)c1ccc(Cl)cc1)(OC)c1ccc(Cl)cc1. The van der Waals surface area contributed by atoms with E-state index in [0.29, 0.717) is 0 Å². The maximum Gasteiger partial charge on any atom is 0.372 e. The number of benzene rings is 2.